The zero-order chi connectivity index (χ0) is 23.1. The van der Waals surface area contributed by atoms with Gasteiger partial charge in [-0.15, -0.1) is 0 Å². The number of nitrogens with zero attached hydrogens (tertiary/aromatic N) is 1. The quantitative estimate of drug-likeness (QED) is 0.236. The number of unbranched alkanes of at least 4 members (excludes halogenated alkanes) is 1. The number of ketones is 1. The number of hydrogen-bond donors (Lipinski definition) is 2. The van der Waals surface area contributed by atoms with Crippen molar-refractivity contribution in [3.8, 4) is 0 Å². The molecule has 0 aliphatic heterocycles. The third-order valence-corrected chi connectivity index (χ3v) is 5.92. The third kappa shape index (κ3) is 7.53. The lowest BCUT2D eigenvalue weighted by Gasteiger charge is -2.32. The molecule has 2 atom stereocenters. The Balaban J connectivity index is 3.12. The van der Waals surface area contributed by atoms with E-state index in [9.17, 15) is 28.0 Å². The van der Waals surface area contributed by atoms with Gasteiger partial charge in [-0.25, -0.2) is 13.5 Å². The molecule has 8 nitrogen and oxygen atoms in total. The lowest BCUT2D eigenvalue weighted by molar-refractivity contribution is -0.154. The molecule has 0 saturated carbocycles. The Bertz CT molecular complexity index is 843. The minimum atomic E-state index is -3.39. The second kappa shape index (κ2) is 10.7. The Hall–Kier alpha value is -2.26. The highest BCUT2D eigenvalue weighted by Crippen LogP contribution is 2.24. The van der Waals surface area contributed by atoms with Crippen molar-refractivity contribution in [3.63, 3.8) is 0 Å². The van der Waals surface area contributed by atoms with Crippen LogP contribution in [0.1, 0.15) is 57.3 Å². The van der Waals surface area contributed by atoms with Gasteiger partial charge in [0, 0.05) is 11.8 Å². The topological polar surface area (TPSA) is 121 Å². The lowest BCUT2D eigenvalue weighted by Crippen LogP contribution is -2.52. The average molecular weight is 441 g/mol. The van der Waals surface area contributed by atoms with Gasteiger partial charge in [0.1, 0.15) is 0 Å². The molecule has 9 heteroatoms. The summed E-state index contributed by atoms with van der Waals surface area (Å²) in [6, 6.07) is 4.71. The molecule has 30 heavy (non-hydrogen) atoms. The fraction of sp³-hybridized carbons (Fsp3) is 0.571. The molecule has 1 rings (SSSR count). The lowest BCUT2D eigenvalue weighted by atomic mass is 9.81. The van der Waals surface area contributed by atoms with Crippen LogP contribution in [0.3, 0.4) is 0 Å². The summed E-state index contributed by atoms with van der Waals surface area (Å²) in [6.07, 6.45) is 3.35. The van der Waals surface area contributed by atoms with E-state index in [1.807, 2.05) is 27.7 Å². The van der Waals surface area contributed by atoms with Crippen LogP contribution in [0.25, 0.3) is 0 Å². The number of amides is 2. The molecule has 0 aromatic heterocycles. The van der Waals surface area contributed by atoms with Crippen molar-refractivity contribution in [2.45, 2.75) is 57.9 Å². The van der Waals surface area contributed by atoms with Crippen molar-refractivity contribution in [1.29, 1.82) is 0 Å². The van der Waals surface area contributed by atoms with Gasteiger partial charge in [-0.05, 0) is 24.0 Å². The number of carbonyl (C=O) groups is 3. The maximum atomic E-state index is 13.1. The summed E-state index contributed by atoms with van der Waals surface area (Å²) < 4.78 is 23.3. The molecular formula is C21H32N2O6S. The monoisotopic (exact) mass is 440 g/mol. The van der Waals surface area contributed by atoms with Crippen molar-refractivity contribution < 1.29 is 28.0 Å². The highest BCUT2D eigenvalue weighted by molar-refractivity contribution is 7.90. The van der Waals surface area contributed by atoms with Gasteiger partial charge in [0.2, 0.25) is 12.3 Å². The van der Waals surface area contributed by atoms with Gasteiger partial charge < -0.3 is 5.32 Å². The van der Waals surface area contributed by atoms with Gasteiger partial charge in [-0.2, -0.15) is 0 Å². The number of sulfone groups is 1. The first-order chi connectivity index (χ1) is 13.8. The van der Waals surface area contributed by atoms with Crippen LogP contribution in [-0.4, -0.2) is 55.6 Å². The van der Waals surface area contributed by atoms with Crippen LogP contribution in [0, 0.1) is 11.3 Å². The van der Waals surface area contributed by atoms with Crippen molar-refractivity contribution in [3.05, 3.63) is 29.8 Å². The molecule has 2 amide bonds. The van der Waals surface area contributed by atoms with Crippen LogP contribution in [0.5, 0.6) is 0 Å². The molecule has 0 saturated heterocycles. The van der Waals surface area contributed by atoms with E-state index < -0.39 is 33.1 Å². The predicted octanol–water partition coefficient (Wildman–Crippen LogP) is 2.46. The molecule has 0 spiro atoms. The van der Waals surface area contributed by atoms with Gasteiger partial charge in [0.05, 0.1) is 23.4 Å². The van der Waals surface area contributed by atoms with E-state index in [-0.39, 0.29) is 29.2 Å². The summed E-state index contributed by atoms with van der Waals surface area (Å²) >= 11 is 0. The fourth-order valence-corrected chi connectivity index (χ4v) is 3.62. The zero-order valence-corrected chi connectivity index (χ0v) is 19.0. The summed E-state index contributed by atoms with van der Waals surface area (Å²) in [7, 11) is -3.39. The number of hydrogen-bond acceptors (Lipinski definition) is 6. The van der Waals surface area contributed by atoms with Gasteiger partial charge in [0.15, 0.2) is 15.6 Å². The summed E-state index contributed by atoms with van der Waals surface area (Å²) in [4.78, 5) is 36.9. The van der Waals surface area contributed by atoms with E-state index in [1.54, 1.807) is 0 Å². The van der Waals surface area contributed by atoms with Gasteiger partial charge >= 0.3 is 0 Å². The standard InChI is InChI=1S/C21H32N2O6S/c1-6-7-8-16(13-23(27)14-24)20(26)22-19(21(2,3)4)18(25)15-9-11-17(12-10-15)30(5,28)29/h9-12,14,16,19,27H,6-8,13H2,1-5H3,(H,22,26)/t16-,19-/m1/s1. The van der Waals surface area contributed by atoms with Crippen molar-refractivity contribution in [2.24, 2.45) is 11.3 Å². The van der Waals surface area contributed by atoms with E-state index in [0.29, 0.717) is 11.5 Å². The first-order valence-electron chi connectivity index (χ1n) is 9.86. The molecule has 168 valence electrons. The smallest absolute Gasteiger partial charge is 0.233 e. The Morgan fingerprint density at radius 1 is 1.20 bits per heavy atom. The molecule has 0 heterocycles. The molecule has 0 aliphatic rings. The summed E-state index contributed by atoms with van der Waals surface area (Å²) in [5.74, 6) is -1.43. The van der Waals surface area contributed by atoms with Crippen LogP contribution in [-0.2, 0) is 19.4 Å². The first-order valence-corrected chi connectivity index (χ1v) is 11.8. The number of Topliss-reactive ketones (excluding diaryl/α,β-unsaturated/α-hetero) is 1. The Morgan fingerprint density at radius 2 is 1.77 bits per heavy atom. The van der Waals surface area contributed by atoms with Crippen LogP contribution >= 0.6 is 0 Å². The number of carbonyl (C=O) groups excluding carboxylic acids is 3. The normalized spacial score (nSPS) is 13.9. The van der Waals surface area contributed by atoms with Gasteiger partial charge in [-0.3, -0.25) is 19.6 Å². The summed E-state index contributed by atoms with van der Waals surface area (Å²) in [5.41, 5.74) is -0.342. The van der Waals surface area contributed by atoms with Crippen LogP contribution in [0.15, 0.2) is 29.2 Å². The highest BCUT2D eigenvalue weighted by atomic mass is 32.2. The van der Waals surface area contributed by atoms with Crippen LogP contribution in [0.2, 0.25) is 0 Å². The van der Waals surface area contributed by atoms with Crippen molar-refractivity contribution >= 4 is 27.9 Å². The Morgan fingerprint density at radius 3 is 2.20 bits per heavy atom. The fourth-order valence-electron chi connectivity index (χ4n) is 2.99. The third-order valence-electron chi connectivity index (χ3n) is 4.79. The minimum absolute atomic E-state index is 0.104. The average Bonchev–Trinajstić information content (AvgIpc) is 2.66. The second-order valence-electron chi connectivity index (χ2n) is 8.54. The number of hydroxylamine groups is 2. The molecule has 1 aromatic rings. The van der Waals surface area contributed by atoms with Crippen molar-refractivity contribution in [2.75, 3.05) is 12.8 Å². The first kappa shape index (κ1) is 25.8. The van der Waals surface area contributed by atoms with E-state index >= 15 is 0 Å². The highest BCUT2D eigenvalue weighted by Gasteiger charge is 2.35. The maximum Gasteiger partial charge on any atom is 0.233 e. The maximum absolute atomic E-state index is 13.1. The SMILES string of the molecule is CCCC[C@H](CN(O)C=O)C(=O)N[C@H](C(=O)c1ccc(S(C)(=O)=O)cc1)C(C)(C)C. The zero-order valence-electron chi connectivity index (χ0n) is 18.2. The van der Waals surface area contributed by atoms with Crippen molar-refractivity contribution in [1.82, 2.24) is 10.4 Å². The Kier molecular flexibility index (Phi) is 9.17. The predicted molar refractivity (Wildman–Crippen MR) is 113 cm³/mol. The van der Waals surface area contributed by atoms with Gasteiger partial charge in [-0.1, -0.05) is 52.7 Å². The number of benzene rings is 1. The minimum Gasteiger partial charge on any atom is -0.345 e. The number of nitrogens with one attached hydrogen (secondary N) is 1. The molecule has 0 radical (unpaired) electrons. The van der Waals surface area contributed by atoms with E-state index in [1.165, 1.54) is 24.3 Å². The Labute approximate surface area is 178 Å². The molecule has 1 aromatic carbocycles. The molecule has 0 bridgehead atoms. The van der Waals surface area contributed by atoms with E-state index in [4.69, 9.17) is 0 Å². The summed E-state index contributed by atoms with van der Waals surface area (Å²) in [5, 5.41) is 12.7. The molecule has 0 aliphatic carbocycles. The van der Waals surface area contributed by atoms with E-state index in [2.05, 4.69) is 5.32 Å². The summed E-state index contributed by atoms with van der Waals surface area (Å²) in [6.45, 7) is 7.24. The van der Waals surface area contributed by atoms with Gasteiger partial charge in [0.25, 0.3) is 0 Å². The van der Waals surface area contributed by atoms with Crippen LogP contribution in [0.4, 0.5) is 0 Å². The van der Waals surface area contributed by atoms with E-state index in [0.717, 1.165) is 19.1 Å². The molecule has 2 N–H and O–H groups in total. The van der Waals surface area contributed by atoms with Crippen LogP contribution < -0.4 is 5.32 Å². The second-order valence-corrected chi connectivity index (χ2v) is 10.6. The molecule has 0 unspecified atom stereocenters. The molecular weight excluding hydrogens is 408 g/mol. The number of rotatable bonds is 11. The molecule has 0 fully saturated rings. The largest absolute Gasteiger partial charge is 0.345 e.